The summed E-state index contributed by atoms with van der Waals surface area (Å²) in [5, 5.41) is 2.87. The highest BCUT2D eigenvalue weighted by Gasteiger charge is 2.19. The minimum Gasteiger partial charge on any atom is -0.331 e. The summed E-state index contributed by atoms with van der Waals surface area (Å²) < 4.78 is 0. The smallest absolute Gasteiger partial charge is 0.249 e. The lowest BCUT2D eigenvalue weighted by molar-refractivity contribution is -0.115. The summed E-state index contributed by atoms with van der Waals surface area (Å²) in [4.78, 5) is 20.7. The summed E-state index contributed by atoms with van der Waals surface area (Å²) in [6.45, 7) is 14.6. The molecule has 2 rings (SSSR count). The molecule has 2 aliphatic heterocycles. The quantitative estimate of drug-likeness (QED) is 0.693. The van der Waals surface area contributed by atoms with Crippen molar-refractivity contribution in [3.63, 3.8) is 0 Å². The van der Waals surface area contributed by atoms with E-state index in [2.05, 4.69) is 52.3 Å². The molecule has 0 aromatic rings. The molecule has 0 radical (unpaired) electrons. The number of carbonyl (C=O) groups excluding carboxylic acids is 1. The Bertz CT molecular complexity index is 571. The number of amidine groups is 1. The predicted molar refractivity (Wildman–Crippen MR) is 116 cm³/mol. The van der Waals surface area contributed by atoms with Gasteiger partial charge in [-0.2, -0.15) is 0 Å². The van der Waals surface area contributed by atoms with Gasteiger partial charge in [0.15, 0.2) is 5.84 Å². The maximum Gasteiger partial charge on any atom is 0.249 e. The number of nitrogens with zero attached hydrogens (tertiary/aromatic N) is 3. The third-order valence-electron chi connectivity index (χ3n) is 4.91. The molecule has 1 unspecified atom stereocenters. The van der Waals surface area contributed by atoms with E-state index in [-0.39, 0.29) is 5.91 Å². The van der Waals surface area contributed by atoms with Crippen molar-refractivity contribution in [2.75, 3.05) is 33.2 Å². The first-order valence-electron chi connectivity index (χ1n) is 9.96. The highest BCUT2D eigenvalue weighted by molar-refractivity contribution is 6.05. The van der Waals surface area contributed by atoms with Crippen LogP contribution in [0.2, 0.25) is 0 Å². The van der Waals surface area contributed by atoms with Crippen molar-refractivity contribution >= 4 is 11.7 Å². The lowest BCUT2D eigenvalue weighted by Gasteiger charge is -2.23. The molecule has 27 heavy (non-hydrogen) atoms. The summed E-state index contributed by atoms with van der Waals surface area (Å²) in [5.74, 6) is 1.27. The van der Waals surface area contributed by atoms with Crippen LogP contribution in [0.3, 0.4) is 0 Å². The Morgan fingerprint density at radius 1 is 1.33 bits per heavy atom. The van der Waals surface area contributed by atoms with E-state index < -0.39 is 0 Å². The number of allylic oxidation sites excluding steroid dienone is 2. The van der Waals surface area contributed by atoms with Gasteiger partial charge in [-0.1, -0.05) is 25.2 Å². The predicted octanol–water partition coefficient (Wildman–Crippen LogP) is 3.73. The molecule has 0 aliphatic carbocycles. The van der Waals surface area contributed by atoms with Crippen molar-refractivity contribution in [1.29, 1.82) is 0 Å². The Labute approximate surface area is 165 Å². The van der Waals surface area contributed by atoms with Gasteiger partial charge in [0.25, 0.3) is 0 Å². The topological polar surface area (TPSA) is 47.9 Å². The van der Waals surface area contributed by atoms with Crippen LogP contribution in [0.15, 0.2) is 54.4 Å². The average Bonchev–Trinajstić information content (AvgIpc) is 3.16. The first kappa shape index (κ1) is 22.9. The number of nitrogens with one attached hydrogen (secondary N) is 1. The third kappa shape index (κ3) is 7.55. The Morgan fingerprint density at radius 3 is 2.63 bits per heavy atom. The van der Waals surface area contributed by atoms with Gasteiger partial charge >= 0.3 is 0 Å². The van der Waals surface area contributed by atoms with E-state index >= 15 is 0 Å². The molecule has 1 saturated heterocycles. The van der Waals surface area contributed by atoms with Gasteiger partial charge in [-0.05, 0) is 51.6 Å². The molecule has 0 aromatic heterocycles. The number of amides is 1. The molecule has 1 amide bonds. The molecular weight excluding hydrogens is 336 g/mol. The van der Waals surface area contributed by atoms with Crippen LogP contribution < -0.4 is 5.32 Å². The van der Waals surface area contributed by atoms with Gasteiger partial charge in [0.05, 0.1) is 5.70 Å². The van der Waals surface area contributed by atoms with E-state index in [0.29, 0.717) is 5.92 Å². The number of aliphatic imine (C=N–C) groups is 1. The molecule has 1 atom stereocenters. The van der Waals surface area contributed by atoms with E-state index in [9.17, 15) is 4.79 Å². The van der Waals surface area contributed by atoms with Crippen molar-refractivity contribution in [3.8, 4) is 0 Å². The van der Waals surface area contributed by atoms with Crippen LogP contribution in [0.25, 0.3) is 0 Å². The summed E-state index contributed by atoms with van der Waals surface area (Å²) in [6.07, 6.45) is 14.9. The zero-order valence-electron chi connectivity index (χ0n) is 17.3. The van der Waals surface area contributed by atoms with Crippen LogP contribution >= 0.6 is 0 Å². The molecule has 1 N–H and O–H groups in total. The maximum absolute atomic E-state index is 11.8. The van der Waals surface area contributed by atoms with E-state index in [1.807, 2.05) is 19.2 Å². The van der Waals surface area contributed by atoms with E-state index in [0.717, 1.165) is 37.5 Å². The second-order valence-corrected chi connectivity index (χ2v) is 6.64. The minimum absolute atomic E-state index is 0.102. The number of hydrogen-bond donors (Lipinski definition) is 1. The fourth-order valence-electron chi connectivity index (χ4n) is 3.35. The van der Waals surface area contributed by atoms with Gasteiger partial charge in [0, 0.05) is 32.4 Å². The lowest BCUT2D eigenvalue weighted by Crippen LogP contribution is -2.33. The van der Waals surface area contributed by atoms with Crippen LogP contribution in [-0.2, 0) is 4.79 Å². The third-order valence-corrected chi connectivity index (χ3v) is 4.91. The first-order chi connectivity index (χ1) is 13.2. The molecule has 0 aromatic carbocycles. The summed E-state index contributed by atoms with van der Waals surface area (Å²) in [7, 11) is 1.77. The largest absolute Gasteiger partial charge is 0.331 e. The van der Waals surface area contributed by atoms with Crippen molar-refractivity contribution in [3.05, 3.63) is 49.4 Å². The number of hydrogen-bond acceptors (Lipinski definition) is 3. The van der Waals surface area contributed by atoms with E-state index in [4.69, 9.17) is 0 Å². The molecule has 0 saturated carbocycles. The van der Waals surface area contributed by atoms with E-state index in [1.54, 1.807) is 13.1 Å². The molecule has 2 aliphatic rings. The zero-order chi connectivity index (χ0) is 20.1. The molecule has 0 spiro atoms. The lowest BCUT2D eigenvalue weighted by atomic mass is 10.0. The maximum atomic E-state index is 11.8. The standard InChI is InChI=1S/C20H32N4O.C2H4/c1-4-17(9-8-14-23-12-6-7-13-23)10-15-24-16-11-19(25)22-18(5-2)20(24)21-3;1-2/h5,8-9,11,16-17H,4,6-7,10,12-15H2,1-3H3,(H,22,25);1-2H2/b9-8+,18-5+,21-20?;. The monoisotopic (exact) mass is 372 g/mol. The fourth-order valence-corrected chi connectivity index (χ4v) is 3.35. The van der Waals surface area contributed by atoms with Crippen molar-refractivity contribution in [1.82, 2.24) is 15.1 Å². The Kier molecular flexibility index (Phi) is 11.1. The Hall–Kier alpha value is -2.14. The summed E-state index contributed by atoms with van der Waals surface area (Å²) in [5.41, 5.74) is 0.773. The first-order valence-corrected chi connectivity index (χ1v) is 9.96. The number of rotatable bonds is 7. The van der Waals surface area contributed by atoms with Crippen molar-refractivity contribution in [2.24, 2.45) is 10.9 Å². The second kappa shape index (κ2) is 13.1. The Balaban J connectivity index is 0.00000176. The van der Waals surface area contributed by atoms with E-state index in [1.165, 1.54) is 25.9 Å². The summed E-state index contributed by atoms with van der Waals surface area (Å²) >= 11 is 0. The molecule has 5 nitrogen and oxygen atoms in total. The number of likely N-dealkylation sites (tertiary alicyclic amines) is 1. The van der Waals surface area contributed by atoms with Crippen LogP contribution in [0.5, 0.6) is 0 Å². The summed E-state index contributed by atoms with van der Waals surface area (Å²) in [6, 6.07) is 0. The van der Waals surface area contributed by atoms with Gasteiger partial charge in [0.2, 0.25) is 5.91 Å². The SMILES string of the molecule is C/C=C1/NC(=O)C=CN(CCC(/C=C/CN2CCCC2)CC)C1=NC.C=C. The van der Waals surface area contributed by atoms with Crippen LogP contribution in [-0.4, -0.2) is 54.8 Å². The highest BCUT2D eigenvalue weighted by Crippen LogP contribution is 2.15. The minimum atomic E-state index is -0.102. The van der Waals surface area contributed by atoms with Crippen molar-refractivity contribution in [2.45, 2.75) is 39.5 Å². The van der Waals surface area contributed by atoms with Crippen molar-refractivity contribution < 1.29 is 4.79 Å². The molecular formula is C22H36N4O. The zero-order valence-corrected chi connectivity index (χ0v) is 17.3. The van der Waals surface area contributed by atoms with Gasteiger partial charge in [-0.25, -0.2) is 0 Å². The van der Waals surface area contributed by atoms with Gasteiger partial charge in [-0.3, -0.25) is 14.7 Å². The van der Waals surface area contributed by atoms with Crippen LogP contribution in [0.1, 0.15) is 39.5 Å². The highest BCUT2D eigenvalue weighted by atomic mass is 16.1. The van der Waals surface area contributed by atoms with Crippen LogP contribution in [0, 0.1) is 5.92 Å². The molecule has 2 heterocycles. The van der Waals surface area contributed by atoms with Gasteiger partial charge in [-0.15, -0.1) is 13.2 Å². The average molecular weight is 373 g/mol. The fraction of sp³-hybridized carbons (Fsp3) is 0.545. The van der Waals surface area contributed by atoms with Gasteiger partial charge in [0.1, 0.15) is 0 Å². The molecule has 1 fully saturated rings. The molecule has 150 valence electrons. The van der Waals surface area contributed by atoms with Crippen LogP contribution in [0.4, 0.5) is 0 Å². The van der Waals surface area contributed by atoms with Gasteiger partial charge < -0.3 is 10.2 Å². The molecule has 0 bridgehead atoms. The second-order valence-electron chi connectivity index (χ2n) is 6.64. The normalized spacial score (nSPS) is 22.0. The Morgan fingerprint density at radius 2 is 2.04 bits per heavy atom. The number of carbonyl (C=O) groups is 1. The molecule has 5 heteroatoms.